The summed E-state index contributed by atoms with van der Waals surface area (Å²) in [5.41, 5.74) is 3.75. The molecule has 1 aromatic carbocycles. The number of benzene rings is 1. The lowest BCUT2D eigenvalue weighted by molar-refractivity contribution is -0.129. The monoisotopic (exact) mass is 308 g/mol. The largest absolute Gasteiger partial charge is 0.364 e. The molecule has 0 radical (unpaired) electrons. The first kappa shape index (κ1) is 14.4. The normalized spacial score (nSPS) is 27.2. The smallest absolute Gasteiger partial charge is 0.238 e. The second kappa shape index (κ2) is 5.17. The summed E-state index contributed by atoms with van der Waals surface area (Å²) < 4.78 is 5.06. The van der Waals surface area contributed by atoms with Gasteiger partial charge in [0.1, 0.15) is 12.1 Å². The average molecular weight is 308 g/mol. The topological polar surface area (TPSA) is 51.2 Å². The van der Waals surface area contributed by atoms with Crippen molar-refractivity contribution >= 4 is 5.91 Å². The first-order valence-electron chi connectivity index (χ1n) is 8.03. The van der Waals surface area contributed by atoms with E-state index in [9.17, 15) is 4.79 Å². The Balaban J connectivity index is 2.00. The second-order valence-corrected chi connectivity index (χ2v) is 6.46. The number of fused-ring (bicyclic) bond motifs is 1. The lowest BCUT2D eigenvalue weighted by atomic mass is 9.52. The Morgan fingerprint density at radius 2 is 2.09 bits per heavy atom. The quantitative estimate of drug-likeness (QED) is 0.887. The molecule has 4 nitrogen and oxygen atoms in total. The van der Waals surface area contributed by atoms with Crippen LogP contribution in [0.15, 0.2) is 42.6 Å². The summed E-state index contributed by atoms with van der Waals surface area (Å²) in [7, 11) is 1.58. The summed E-state index contributed by atoms with van der Waals surface area (Å²) in [6.45, 7) is 2.37. The Bertz CT molecular complexity index is 724. The van der Waals surface area contributed by atoms with E-state index in [0.29, 0.717) is 5.92 Å². The van der Waals surface area contributed by atoms with Crippen LogP contribution in [-0.2, 0) is 14.9 Å². The maximum absolute atomic E-state index is 13.2. The molecule has 1 N–H and O–H groups in total. The number of rotatable bonds is 3. The number of ether oxygens (including phenoxy) is 1. The van der Waals surface area contributed by atoms with Crippen molar-refractivity contribution in [2.45, 2.75) is 24.7 Å². The van der Waals surface area contributed by atoms with E-state index in [-0.39, 0.29) is 18.6 Å². The molecule has 0 spiro atoms. The van der Waals surface area contributed by atoms with Crippen LogP contribution in [0.25, 0.3) is 0 Å². The van der Waals surface area contributed by atoms with Crippen molar-refractivity contribution in [2.75, 3.05) is 13.8 Å². The Morgan fingerprint density at radius 3 is 2.91 bits per heavy atom. The molecule has 3 aliphatic carbocycles. The third kappa shape index (κ3) is 1.75. The molecule has 118 valence electrons. The summed E-state index contributed by atoms with van der Waals surface area (Å²) in [5.74, 6) is 0.515. The molecule has 5 rings (SSSR count). The minimum Gasteiger partial charge on any atom is -0.364 e. The van der Waals surface area contributed by atoms with Gasteiger partial charge in [-0.05, 0) is 35.1 Å². The molecule has 3 aliphatic rings. The Morgan fingerprint density at radius 1 is 1.30 bits per heavy atom. The molecule has 3 atom stereocenters. The number of pyridine rings is 1. The average Bonchev–Trinajstić information content (AvgIpc) is 2.60. The molecule has 3 unspecified atom stereocenters. The highest BCUT2D eigenvalue weighted by atomic mass is 16.5. The van der Waals surface area contributed by atoms with Crippen LogP contribution < -0.4 is 5.32 Å². The predicted molar refractivity (Wildman–Crippen MR) is 87.1 cm³/mol. The highest BCUT2D eigenvalue weighted by molar-refractivity contribution is 5.94. The Hall–Kier alpha value is -2.20. The highest BCUT2D eigenvalue weighted by Crippen LogP contribution is 2.58. The van der Waals surface area contributed by atoms with Crippen LogP contribution in [0.2, 0.25) is 0 Å². The van der Waals surface area contributed by atoms with Crippen LogP contribution >= 0.6 is 0 Å². The van der Waals surface area contributed by atoms with Crippen molar-refractivity contribution in [3.63, 3.8) is 0 Å². The maximum Gasteiger partial charge on any atom is 0.238 e. The molecule has 0 fully saturated rings. The zero-order chi connectivity index (χ0) is 16.0. The van der Waals surface area contributed by atoms with Crippen molar-refractivity contribution in [1.29, 1.82) is 0 Å². The van der Waals surface area contributed by atoms with Crippen molar-refractivity contribution in [3.8, 4) is 0 Å². The van der Waals surface area contributed by atoms with E-state index in [4.69, 9.17) is 4.74 Å². The fourth-order valence-corrected chi connectivity index (χ4v) is 4.50. The first-order chi connectivity index (χ1) is 11.2. The zero-order valence-electron chi connectivity index (χ0n) is 13.4. The number of methoxy groups -OCH3 is 1. The number of carbonyl (C=O) groups excluding carboxylic acids is 1. The number of hydrogen-bond acceptors (Lipinski definition) is 3. The number of aromatic nitrogens is 1. The van der Waals surface area contributed by atoms with Crippen LogP contribution in [0.1, 0.15) is 41.6 Å². The molecule has 2 aromatic rings. The van der Waals surface area contributed by atoms with Gasteiger partial charge in [-0.3, -0.25) is 9.78 Å². The zero-order valence-corrected chi connectivity index (χ0v) is 13.4. The fraction of sp³-hybridized carbons (Fsp3) is 0.368. The maximum atomic E-state index is 13.2. The van der Waals surface area contributed by atoms with E-state index in [1.807, 2.05) is 12.1 Å². The minimum atomic E-state index is -0.722. The van der Waals surface area contributed by atoms with E-state index in [1.54, 1.807) is 13.3 Å². The van der Waals surface area contributed by atoms with Crippen LogP contribution in [-0.4, -0.2) is 24.7 Å². The molecule has 0 aliphatic heterocycles. The van der Waals surface area contributed by atoms with Crippen LogP contribution in [0.4, 0.5) is 0 Å². The van der Waals surface area contributed by atoms with Gasteiger partial charge in [-0.2, -0.15) is 0 Å². The van der Waals surface area contributed by atoms with Crippen molar-refractivity contribution in [2.24, 2.45) is 5.92 Å². The second-order valence-electron chi connectivity index (χ2n) is 6.46. The van der Waals surface area contributed by atoms with Crippen molar-refractivity contribution in [3.05, 3.63) is 65.0 Å². The van der Waals surface area contributed by atoms with Gasteiger partial charge in [-0.25, -0.2) is 0 Å². The van der Waals surface area contributed by atoms with E-state index in [0.717, 1.165) is 17.7 Å². The minimum absolute atomic E-state index is 0.0163. The third-order valence-corrected chi connectivity index (χ3v) is 5.41. The number of carbonyl (C=O) groups is 1. The van der Waals surface area contributed by atoms with Gasteiger partial charge in [0.05, 0.1) is 5.69 Å². The van der Waals surface area contributed by atoms with E-state index >= 15 is 0 Å². The van der Waals surface area contributed by atoms with Crippen molar-refractivity contribution in [1.82, 2.24) is 10.3 Å². The van der Waals surface area contributed by atoms with Crippen LogP contribution in [0.5, 0.6) is 0 Å². The highest BCUT2D eigenvalue weighted by Gasteiger charge is 2.57. The number of nitrogens with one attached hydrogen (secondary N) is 1. The number of nitrogens with zero attached hydrogens (tertiary/aromatic N) is 1. The van der Waals surface area contributed by atoms with Gasteiger partial charge < -0.3 is 10.1 Å². The van der Waals surface area contributed by atoms with Crippen LogP contribution in [0.3, 0.4) is 0 Å². The molecule has 23 heavy (non-hydrogen) atoms. The Kier molecular flexibility index (Phi) is 3.23. The molecule has 1 heterocycles. The lowest BCUT2D eigenvalue weighted by Gasteiger charge is -2.51. The van der Waals surface area contributed by atoms with E-state index < -0.39 is 5.41 Å². The van der Waals surface area contributed by atoms with Crippen molar-refractivity contribution < 1.29 is 9.53 Å². The molecule has 0 saturated carbocycles. The number of amides is 1. The van der Waals surface area contributed by atoms with Gasteiger partial charge in [0, 0.05) is 19.2 Å². The summed E-state index contributed by atoms with van der Waals surface area (Å²) in [5, 5.41) is 2.93. The molecule has 4 heteroatoms. The van der Waals surface area contributed by atoms with Gasteiger partial charge >= 0.3 is 0 Å². The molecule has 0 saturated heterocycles. The fourth-order valence-electron chi connectivity index (χ4n) is 4.50. The lowest BCUT2D eigenvalue weighted by Crippen LogP contribution is -2.56. The first-order valence-corrected chi connectivity index (χ1v) is 8.03. The van der Waals surface area contributed by atoms with E-state index in [2.05, 4.69) is 41.5 Å². The third-order valence-electron chi connectivity index (χ3n) is 5.41. The summed E-state index contributed by atoms with van der Waals surface area (Å²) in [4.78, 5) is 17.9. The Labute approximate surface area is 135 Å². The molecule has 1 amide bonds. The molecular formula is C19H20N2O2. The molecule has 1 aromatic heterocycles. The van der Waals surface area contributed by atoms with Gasteiger partial charge in [0.25, 0.3) is 0 Å². The van der Waals surface area contributed by atoms with Gasteiger partial charge in [0.15, 0.2) is 0 Å². The summed E-state index contributed by atoms with van der Waals surface area (Å²) in [6, 6.07) is 12.4. The van der Waals surface area contributed by atoms with Gasteiger partial charge in [0.2, 0.25) is 5.91 Å². The van der Waals surface area contributed by atoms with Gasteiger partial charge in [-0.15, -0.1) is 0 Å². The standard InChI is InChI=1S/C19H20N2O2/c1-12-10-15-13-6-3-4-8-16(13)19(12,18(22)21-11-23-2)17-14(15)7-5-9-20-17/h3-9,12,15H,10-11H2,1-2H3,(H,21,22). The SMILES string of the molecule is COCNC(=O)C12c3ccccc3C(CC1C)c1cccnc12. The molecule has 2 bridgehead atoms. The van der Waals surface area contributed by atoms with E-state index in [1.165, 1.54) is 11.1 Å². The van der Waals surface area contributed by atoms with Crippen LogP contribution in [0, 0.1) is 5.92 Å². The number of hydrogen-bond donors (Lipinski definition) is 1. The van der Waals surface area contributed by atoms with Gasteiger partial charge in [-0.1, -0.05) is 37.3 Å². The summed E-state index contributed by atoms with van der Waals surface area (Å²) >= 11 is 0. The summed E-state index contributed by atoms with van der Waals surface area (Å²) in [6.07, 6.45) is 2.76. The predicted octanol–water partition coefficient (Wildman–Crippen LogP) is 2.57. The molecular weight excluding hydrogens is 288 g/mol.